The summed E-state index contributed by atoms with van der Waals surface area (Å²) in [6, 6.07) is 0. The standard InChI is InChI=1S/C8H8S4/c1-2-3-4-5(9)7(11)8(12)6(4)10/h9H,2-3H2,1H3. The topological polar surface area (TPSA) is 0 Å². The third kappa shape index (κ3) is 1.66. The first-order chi connectivity index (χ1) is 5.59. The summed E-state index contributed by atoms with van der Waals surface area (Å²) >= 11 is 19.6. The second-order valence-corrected chi connectivity index (χ2v) is 4.24. The van der Waals surface area contributed by atoms with Crippen molar-refractivity contribution in [3.63, 3.8) is 0 Å². The summed E-state index contributed by atoms with van der Waals surface area (Å²) in [6.07, 6.45) is 1.97. The van der Waals surface area contributed by atoms with Crippen LogP contribution in [0.25, 0.3) is 0 Å². The Labute approximate surface area is 92.7 Å². The highest BCUT2D eigenvalue weighted by Gasteiger charge is 2.07. The average Bonchev–Trinajstić information content (AvgIpc) is 2.23. The van der Waals surface area contributed by atoms with Gasteiger partial charge in [-0.2, -0.15) is 0 Å². The Morgan fingerprint density at radius 1 is 1.08 bits per heavy atom. The van der Waals surface area contributed by atoms with E-state index in [2.05, 4.69) is 19.6 Å². The Bertz CT molecular complexity index is 423. The van der Waals surface area contributed by atoms with E-state index in [9.17, 15) is 0 Å². The van der Waals surface area contributed by atoms with E-state index in [1.54, 1.807) is 0 Å². The summed E-state index contributed by atoms with van der Waals surface area (Å²) in [4.78, 5) is 0.821. The van der Waals surface area contributed by atoms with Gasteiger partial charge in [-0.1, -0.05) is 50.0 Å². The monoisotopic (exact) mass is 232 g/mol. The molecule has 1 aromatic carbocycles. The first kappa shape index (κ1) is 10.4. The molecule has 0 aromatic heterocycles. The van der Waals surface area contributed by atoms with Gasteiger partial charge in [-0.25, -0.2) is 0 Å². The van der Waals surface area contributed by atoms with Crippen molar-refractivity contribution in [2.45, 2.75) is 24.7 Å². The van der Waals surface area contributed by atoms with Crippen LogP contribution in [0.2, 0.25) is 0 Å². The molecule has 0 saturated heterocycles. The van der Waals surface area contributed by atoms with Crippen molar-refractivity contribution < 1.29 is 0 Å². The molecule has 0 nitrogen and oxygen atoms in total. The van der Waals surface area contributed by atoms with Gasteiger partial charge in [0.05, 0.1) is 13.5 Å². The molecule has 0 aliphatic carbocycles. The Hall–Kier alpha value is 0.360. The third-order valence-corrected chi connectivity index (χ3v) is 3.86. The molecule has 0 fully saturated rings. The second-order valence-electron chi connectivity index (χ2n) is 2.56. The third-order valence-electron chi connectivity index (χ3n) is 1.69. The molecule has 4 heteroatoms. The number of hydrogen-bond donors (Lipinski definition) is 1. The zero-order valence-electron chi connectivity index (χ0n) is 6.59. The first-order valence-electron chi connectivity index (χ1n) is 3.65. The van der Waals surface area contributed by atoms with Crippen LogP contribution in [0.1, 0.15) is 18.9 Å². The van der Waals surface area contributed by atoms with Crippen LogP contribution in [0, 0.1) is 13.5 Å². The largest absolute Gasteiger partial charge is 0.142 e. The highest BCUT2D eigenvalue weighted by atomic mass is 32.1. The van der Waals surface area contributed by atoms with E-state index in [1.165, 1.54) is 0 Å². The highest BCUT2D eigenvalue weighted by molar-refractivity contribution is 7.81. The first-order valence-corrected chi connectivity index (χ1v) is 5.32. The molecule has 0 unspecified atom stereocenters. The Morgan fingerprint density at radius 3 is 2.00 bits per heavy atom. The van der Waals surface area contributed by atoms with Gasteiger partial charge in [0, 0.05) is 4.90 Å². The number of hydrogen-bond acceptors (Lipinski definition) is 4. The minimum Gasteiger partial charge on any atom is -0.142 e. The molecule has 0 bridgehead atoms. The van der Waals surface area contributed by atoms with Crippen molar-refractivity contribution in [2.24, 2.45) is 0 Å². The highest BCUT2D eigenvalue weighted by Crippen LogP contribution is 2.22. The molecule has 0 heterocycles. The van der Waals surface area contributed by atoms with Crippen LogP contribution in [-0.2, 0) is 6.42 Å². The molecule has 0 N–H and O–H groups in total. The summed E-state index contributed by atoms with van der Waals surface area (Å²) in [5, 5.41) is 0. The van der Waals surface area contributed by atoms with E-state index in [1.807, 2.05) is 0 Å². The lowest BCUT2D eigenvalue weighted by atomic mass is 10.2. The minimum absolute atomic E-state index is 0.633. The number of thiol groups is 1. The summed E-state index contributed by atoms with van der Waals surface area (Å²) in [5.41, 5.74) is 1.06. The van der Waals surface area contributed by atoms with Crippen LogP contribution in [-0.4, -0.2) is 0 Å². The van der Waals surface area contributed by atoms with Gasteiger partial charge in [-0.15, -0.1) is 12.6 Å². The molecule has 1 aromatic rings. The zero-order valence-corrected chi connectivity index (χ0v) is 9.93. The van der Waals surface area contributed by atoms with Crippen LogP contribution < -0.4 is 0 Å². The summed E-state index contributed by atoms with van der Waals surface area (Å²) in [5.74, 6) is 0. The van der Waals surface area contributed by atoms with Gasteiger partial charge < -0.3 is 0 Å². The van der Waals surface area contributed by atoms with E-state index in [0.29, 0.717) is 9.02 Å². The Morgan fingerprint density at radius 2 is 1.67 bits per heavy atom. The fourth-order valence-electron chi connectivity index (χ4n) is 1.07. The number of rotatable bonds is 2. The Balaban J connectivity index is 3.50. The molecule has 0 amide bonds. The van der Waals surface area contributed by atoms with Gasteiger partial charge in [0.25, 0.3) is 0 Å². The lowest BCUT2D eigenvalue weighted by molar-refractivity contribution is 0.905. The molecular formula is C8H8S4. The molecule has 0 radical (unpaired) electrons. The predicted molar refractivity (Wildman–Crippen MR) is 62.6 cm³/mol. The zero-order chi connectivity index (χ0) is 9.30. The normalized spacial score (nSPS) is 10.5. The summed E-state index contributed by atoms with van der Waals surface area (Å²) < 4.78 is 2.03. The van der Waals surface area contributed by atoms with Crippen molar-refractivity contribution in [1.82, 2.24) is 0 Å². The van der Waals surface area contributed by atoms with E-state index in [4.69, 9.17) is 36.7 Å². The van der Waals surface area contributed by atoms with Crippen LogP contribution in [0.4, 0.5) is 0 Å². The summed E-state index contributed by atoms with van der Waals surface area (Å²) in [7, 11) is 0. The van der Waals surface area contributed by atoms with Gasteiger partial charge >= 0.3 is 0 Å². The maximum absolute atomic E-state index is 5.15. The molecule has 12 heavy (non-hydrogen) atoms. The fourth-order valence-corrected chi connectivity index (χ4v) is 2.38. The van der Waals surface area contributed by atoms with E-state index < -0.39 is 0 Å². The summed E-state index contributed by atoms with van der Waals surface area (Å²) in [6.45, 7) is 2.10. The lowest BCUT2D eigenvalue weighted by Crippen LogP contribution is -1.80. The van der Waals surface area contributed by atoms with E-state index in [-0.39, 0.29) is 0 Å². The molecule has 64 valence electrons. The van der Waals surface area contributed by atoms with Gasteiger partial charge in [0.1, 0.15) is 0 Å². The molecular weight excluding hydrogens is 224 g/mol. The van der Waals surface area contributed by atoms with E-state index >= 15 is 0 Å². The lowest BCUT2D eigenvalue weighted by Gasteiger charge is -1.93. The van der Waals surface area contributed by atoms with Crippen molar-refractivity contribution in [2.75, 3.05) is 0 Å². The van der Waals surface area contributed by atoms with Gasteiger partial charge in [0.15, 0.2) is 0 Å². The molecule has 0 saturated carbocycles. The van der Waals surface area contributed by atoms with Gasteiger partial charge in [0.2, 0.25) is 0 Å². The van der Waals surface area contributed by atoms with Crippen molar-refractivity contribution in [3.8, 4) is 0 Å². The molecule has 1 rings (SSSR count). The Kier molecular flexibility index (Phi) is 3.52. The van der Waals surface area contributed by atoms with Gasteiger partial charge in [-0.05, 0) is 12.0 Å². The predicted octanol–water partition coefficient (Wildman–Crippen LogP) is 3.99. The van der Waals surface area contributed by atoms with Crippen LogP contribution in [0.15, 0.2) is 4.90 Å². The van der Waals surface area contributed by atoms with E-state index in [0.717, 1.165) is 27.8 Å². The quantitative estimate of drug-likeness (QED) is 0.605. The van der Waals surface area contributed by atoms with Crippen molar-refractivity contribution in [1.29, 1.82) is 0 Å². The minimum atomic E-state index is 0.633. The van der Waals surface area contributed by atoms with Crippen LogP contribution >= 0.6 is 49.3 Å². The SMILES string of the molecule is CCCc1c(S)c(=S)c(=S)c1=S. The van der Waals surface area contributed by atoms with Crippen LogP contribution in [0.5, 0.6) is 0 Å². The molecule has 0 aliphatic rings. The molecule has 0 atom stereocenters. The molecule has 0 spiro atoms. The van der Waals surface area contributed by atoms with Crippen molar-refractivity contribution in [3.05, 3.63) is 19.1 Å². The fraction of sp³-hybridized carbons (Fsp3) is 0.375. The van der Waals surface area contributed by atoms with Gasteiger partial charge in [-0.3, -0.25) is 0 Å². The smallest absolute Gasteiger partial charge is 0.0752 e. The maximum Gasteiger partial charge on any atom is 0.0752 e. The van der Waals surface area contributed by atoms with Crippen LogP contribution in [0.3, 0.4) is 0 Å². The molecule has 0 aliphatic heterocycles. The maximum atomic E-state index is 5.15. The second kappa shape index (κ2) is 4.05. The van der Waals surface area contributed by atoms with Crippen molar-refractivity contribution >= 4 is 49.3 Å². The average molecular weight is 232 g/mol.